The summed E-state index contributed by atoms with van der Waals surface area (Å²) in [6.07, 6.45) is 3.99. The number of hydrogen-bond donors (Lipinski definition) is 2. The van der Waals surface area contributed by atoms with Gasteiger partial charge in [0.1, 0.15) is 23.2 Å². The van der Waals surface area contributed by atoms with Gasteiger partial charge >= 0.3 is 19.2 Å². The zero-order valence-corrected chi connectivity index (χ0v) is 18.5. The predicted octanol–water partition coefficient (Wildman–Crippen LogP) is 2.10. The number of nitrogens with one attached hydrogen (secondary N) is 1. The highest BCUT2D eigenvalue weighted by Gasteiger charge is 2.38. The third kappa shape index (κ3) is 7.21. The Morgan fingerprint density at radius 3 is 2.61 bits per heavy atom. The first-order valence-corrected chi connectivity index (χ1v) is 11.1. The summed E-state index contributed by atoms with van der Waals surface area (Å²) in [5.74, 6) is -1.89. The van der Waals surface area contributed by atoms with Crippen molar-refractivity contribution in [2.75, 3.05) is 6.79 Å². The molecule has 178 valence electrons. The Labute approximate surface area is 192 Å². The summed E-state index contributed by atoms with van der Waals surface area (Å²) in [5, 5.41) is 13.0. The largest absolute Gasteiger partial charge is 0.547 e. The van der Waals surface area contributed by atoms with Crippen molar-refractivity contribution in [3.63, 3.8) is 0 Å². The predicted molar refractivity (Wildman–Crippen MR) is 115 cm³/mol. The molecule has 1 unspecified atom stereocenters. The van der Waals surface area contributed by atoms with Crippen LogP contribution in [-0.2, 0) is 30.2 Å². The Morgan fingerprint density at radius 2 is 1.88 bits per heavy atom. The van der Waals surface area contributed by atoms with Gasteiger partial charge in [0.05, 0.1) is 5.94 Å². The summed E-state index contributed by atoms with van der Waals surface area (Å²) in [6, 6.07) is 4.77. The van der Waals surface area contributed by atoms with E-state index in [1.165, 1.54) is 13.0 Å². The van der Waals surface area contributed by atoms with E-state index in [1.807, 2.05) is 0 Å². The van der Waals surface area contributed by atoms with E-state index in [-0.39, 0.29) is 48.4 Å². The number of carbonyl (C=O) groups excluding carboxylic acids is 4. The molecule has 2 aliphatic rings. The van der Waals surface area contributed by atoms with E-state index < -0.39 is 32.0 Å². The van der Waals surface area contributed by atoms with E-state index in [2.05, 4.69) is 5.32 Å². The molecule has 0 spiro atoms. The van der Waals surface area contributed by atoms with Crippen LogP contribution in [0.5, 0.6) is 5.75 Å². The van der Waals surface area contributed by atoms with Gasteiger partial charge in [-0.05, 0) is 50.7 Å². The standard InChI is InChI=1S/C22H28BNO9/c1-14(25)10-11-19(26)24-18-12-15-6-5-9-17(20(15)33-23(18)29)21(27)30-13-31-22(28)32-16-7-3-2-4-8-16/h5-6,9,16,18,29H,2-4,7-8,10-13H2,1H3,(H,24,26). The molecule has 10 nitrogen and oxygen atoms in total. The summed E-state index contributed by atoms with van der Waals surface area (Å²) in [7, 11) is -1.39. The number of fused-ring (bicyclic) bond motifs is 1. The zero-order chi connectivity index (χ0) is 23.8. The van der Waals surface area contributed by atoms with Crippen molar-refractivity contribution >= 4 is 30.9 Å². The number of ether oxygens (including phenoxy) is 3. The molecule has 0 bridgehead atoms. The van der Waals surface area contributed by atoms with Gasteiger partial charge in [0, 0.05) is 12.8 Å². The van der Waals surface area contributed by atoms with E-state index in [1.54, 1.807) is 12.1 Å². The summed E-state index contributed by atoms with van der Waals surface area (Å²) in [4.78, 5) is 47.3. The fourth-order valence-corrected chi connectivity index (χ4v) is 3.84. The van der Waals surface area contributed by atoms with E-state index in [0.29, 0.717) is 5.56 Å². The lowest BCUT2D eigenvalue weighted by Crippen LogP contribution is -2.53. The Kier molecular flexibility index (Phi) is 8.70. The third-order valence-electron chi connectivity index (χ3n) is 5.57. The van der Waals surface area contributed by atoms with E-state index in [0.717, 1.165) is 32.1 Å². The molecule has 1 aromatic carbocycles. The molecule has 1 aromatic rings. The number of rotatable bonds is 8. The zero-order valence-electron chi connectivity index (χ0n) is 18.5. The molecule has 1 aliphatic heterocycles. The van der Waals surface area contributed by atoms with Crippen molar-refractivity contribution in [1.82, 2.24) is 5.32 Å². The number of carbonyl (C=O) groups is 4. The number of amides is 1. The van der Waals surface area contributed by atoms with Gasteiger partial charge in [-0.1, -0.05) is 18.6 Å². The van der Waals surface area contributed by atoms with Gasteiger partial charge in [0.15, 0.2) is 0 Å². The van der Waals surface area contributed by atoms with Gasteiger partial charge in [0.25, 0.3) is 0 Å². The molecule has 1 fully saturated rings. The van der Waals surface area contributed by atoms with Gasteiger partial charge in [-0.25, -0.2) is 9.59 Å². The van der Waals surface area contributed by atoms with Crippen LogP contribution in [0.15, 0.2) is 18.2 Å². The number of esters is 1. The molecule has 1 aliphatic carbocycles. The number of para-hydroxylation sites is 1. The third-order valence-corrected chi connectivity index (χ3v) is 5.57. The van der Waals surface area contributed by atoms with Crippen LogP contribution in [0.25, 0.3) is 0 Å². The van der Waals surface area contributed by atoms with Gasteiger partial charge in [-0.3, -0.25) is 4.79 Å². The van der Waals surface area contributed by atoms with Crippen molar-refractivity contribution in [2.45, 2.75) is 70.3 Å². The molecule has 2 N–H and O–H groups in total. The minimum atomic E-state index is -1.39. The van der Waals surface area contributed by atoms with Gasteiger partial charge in [-0.15, -0.1) is 0 Å². The van der Waals surface area contributed by atoms with Crippen LogP contribution in [-0.4, -0.2) is 54.8 Å². The highest BCUT2D eigenvalue weighted by Crippen LogP contribution is 2.30. The second-order valence-corrected chi connectivity index (χ2v) is 8.20. The first-order chi connectivity index (χ1) is 15.8. The van der Waals surface area contributed by atoms with Gasteiger partial charge in [0.2, 0.25) is 12.7 Å². The maximum Gasteiger partial charge on any atom is 0.547 e. The Morgan fingerprint density at radius 1 is 1.12 bits per heavy atom. The Bertz CT molecular complexity index is 885. The summed E-state index contributed by atoms with van der Waals surface area (Å²) >= 11 is 0. The number of benzene rings is 1. The van der Waals surface area contributed by atoms with E-state index >= 15 is 0 Å². The van der Waals surface area contributed by atoms with Crippen molar-refractivity contribution in [3.8, 4) is 5.75 Å². The molecule has 0 radical (unpaired) electrons. The first kappa shape index (κ1) is 24.6. The van der Waals surface area contributed by atoms with Crippen LogP contribution >= 0.6 is 0 Å². The molecule has 1 amide bonds. The van der Waals surface area contributed by atoms with Crippen molar-refractivity contribution in [1.29, 1.82) is 0 Å². The lowest BCUT2D eigenvalue weighted by Gasteiger charge is -2.29. The van der Waals surface area contributed by atoms with Crippen molar-refractivity contribution in [3.05, 3.63) is 29.3 Å². The minimum Gasteiger partial charge on any atom is -0.534 e. The SMILES string of the molecule is CC(=O)CCC(=O)NC1Cc2cccc(C(=O)OCOC(=O)OC3CCCCC3)c2OB1O. The Hall–Kier alpha value is -3.08. The van der Waals surface area contributed by atoms with E-state index in [4.69, 9.17) is 18.9 Å². The van der Waals surface area contributed by atoms with E-state index in [9.17, 15) is 24.2 Å². The number of Topliss-reactive ketones (excluding diaryl/α,β-unsaturated/α-hetero) is 1. The number of ketones is 1. The molecule has 0 saturated heterocycles. The van der Waals surface area contributed by atoms with Crippen LogP contribution in [0.2, 0.25) is 0 Å². The van der Waals surface area contributed by atoms with Gasteiger partial charge in [-0.2, -0.15) is 0 Å². The number of hydrogen-bond acceptors (Lipinski definition) is 9. The molecule has 1 heterocycles. The molecular weight excluding hydrogens is 433 g/mol. The summed E-state index contributed by atoms with van der Waals surface area (Å²) in [5.41, 5.74) is 0.640. The normalized spacial score (nSPS) is 17.9. The average Bonchev–Trinajstić information content (AvgIpc) is 2.78. The van der Waals surface area contributed by atoms with Crippen LogP contribution in [0, 0.1) is 0 Å². The fraction of sp³-hybridized carbons (Fsp3) is 0.545. The van der Waals surface area contributed by atoms with Crippen molar-refractivity contribution < 1.29 is 43.1 Å². The highest BCUT2D eigenvalue weighted by molar-refractivity contribution is 6.47. The summed E-state index contributed by atoms with van der Waals surface area (Å²) in [6.45, 7) is 0.777. The first-order valence-electron chi connectivity index (χ1n) is 11.1. The quantitative estimate of drug-likeness (QED) is 0.339. The second-order valence-electron chi connectivity index (χ2n) is 8.20. The Balaban J connectivity index is 1.52. The summed E-state index contributed by atoms with van der Waals surface area (Å²) < 4.78 is 20.5. The fourth-order valence-electron chi connectivity index (χ4n) is 3.84. The topological polar surface area (TPSA) is 137 Å². The molecule has 11 heteroatoms. The van der Waals surface area contributed by atoms with Crippen LogP contribution in [0.4, 0.5) is 4.79 Å². The molecule has 3 rings (SSSR count). The van der Waals surface area contributed by atoms with Gasteiger partial charge < -0.3 is 34.0 Å². The highest BCUT2D eigenvalue weighted by atomic mass is 16.8. The van der Waals surface area contributed by atoms with Crippen LogP contribution in [0.3, 0.4) is 0 Å². The molecule has 0 aromatic heterocycles. The lowest BCUT2D eigenvalue weighted by atomic mass is 9.72. The lowest BCUT2D eigenvalue weighted by molar-refractivity contribution is -0.124. The molecule has 1 saturated carbocycles. The smallest absolute Gasteiger partial charge is 0.534 e. The van der Waals surface area contributed by atoms with Crippen LogP contribution < -0.4 is 9.97 Å². The molecule has 1 atom stereocenters. The monoisotopic (exact) mass is 461 g/mol. The average molecular weight is 461 g/mol. The maximum atomic E-state index is 12.5. The maximum absolute atomic E-state index is 12.5. The minimum absolute atomic E-state index is 0.0148. The second kappa shape index (κ2) is 11.7. The molecule has 33 heavy (non-hydrogen) atoms. The molecular formula is C22H28BNO9. The van der Waals surface area contributed by atoms with Crippen LogP contribution in [0.1, 0.15) is 67.8 Å². The van der Waals surface area contributed by atoms with Crippen molar-refractivity contribution in [2.24, 2.45) is 0 Å².